The summed E-state index contributed by atoms with van der Waals surface area (Å²) >= 11 is 0. The summed E-state index contributed by atoms with van der Waals surface area (Å²) in [7, 11) is 1.61. The van der Waals surface area contributed by atoms with Gasteiger partial charge in [0, 0.05) is 12.2 Å². The number of benzene rings is 2. The maximum absolute atomic E-state index is 13.1. The highest BCUT2D eigenvalue weighted by Gasteiger charge is 2.05. The number of anilines is 1. The minimum atomic E-state index is -0.251. The van der Waals surface area contributed by atoms with Crippen LogP contribution in [0.15, 0.2) is 42.5 Å². The number of hydrogen-bond acceptors (Lipinski definition) is 3. The highest BCUT2D eigenvalue weighted by atomic mass is 19.1. The molecule has 0 saturated heterocycles. The first-order valence-electron chi connectivity index (χ1n) is 6.52. The molecule has 0 heterocycles. The van der Waals surface area contributed by atoms with Gasteiger partial charge in [-0.25, -0.2) is 4.39 Å². The predicted octanol–water partition coefficient (Wildman–Crippen LogP) is 3.85. The van der Waals surface area contributed by atoms with Gasteiger partial charge < -0.3 is 14.8 Å². The lowest BCUT2D eigenvalue weighted by atomic mass is 10.2. The van der Waals surface area contributed by atoms with Crippen molar-refractivity contribution in [1.82, 2.24) is 0 Å². The van der Waals surface area contributed by atoms with E-state index < -0.39 is 0 Å². The van der Waals surface area contributed by atoms with Crippen molar-refractivity contribution in [3.05, 3.63) is 53.8 Å². The number of hydrogen-bond donors (Lipinski definition) is 1. The van der Waals surface area contributed by atoms with Crippen molar-refractivity contribution < 1.29 is 13.9 Å². The average Bonchev–Trinajstić information content (AvgIpc) is 2.46. The highest BCUT2D eigenvalue weighted by molar-refractivity contribution is 5.46. The van der Waals surface area contributed by atoms with Crippen molar-refractivity contribution in [2.24, 2.45) is 0 Å². The summed E-state index contributed by atoms with van der Waals surface area (Å²) in [6.07, 6.45) is 0. The molecule has 0 fully saturated rings. The second-order valence-electron chi connectivity index (χ2n) is 4.28. The molecule has 20 heavy (non-hydrogen) atoms. The van der Waals surface area contributed by atoms with Gasteiger partial charge in [0.2, 0.25) is 0 Å². The van der Waals surface area contributed by atoms with E-state index in [1.807, 2.05) is 31.2 Å². The Labute approximate surface area is 118 Å². The number of nitrogens with one attached hydrogen (secondary N) is 1. The quantitative estimate of drug-likeness (QED) is 0.868. The fourth-order valence-electron chi connectivity index (χ4n) is 1.90. The largest absolute Gasteiger partial charge is 0.493 e. The minimum absolute atomic E-state index is 0.251. The van der Waals surface area contributed by atoms with Gasteiger partial charge in [0.05, 0.1) is 13.7 Å². The summed E-state index contributed by atoms with van der Waals surface area (Å²) in [6.45, 7) is 3.11. The van der Waals surface area contributed by atoms with E-state index in [-0.39, 0.29) is 5.82 Å². The molecule has 0 radical (unpaired) electrons. The van der Waals surface area contributed by atoms with Gasteiger partial charge in [-0.2, -0.15) is 0 Å². The first kappa shape index (κ1) is 14.2. The van der Waals surface area contributed by atoms with E-state index in [1.54, 1.807) is 13.2 Å². The van der Waals surface area contributed by atoms with Gasteiger partial charge in [0.15, 0.2) is 11.5 Å². The van der Waals surface area contributed by atoms with Crippen LogP contribution in [0.2, 0.25) is 0 Å². The lowest BCUT2D eigenvalue weighted by Crippen LogP contribution is -2.01. The Balaban J connectivity index is 2.06. The number of rotatable bonds is 6. The van der Waals surface area contributed by atoms with Crippen LogP contribution in [0.3, 0.4) is 0 Å². The topological polar surface area (TPSA) is 30.5 Å². The van der Waals surface area contributed by atoms with Crippen molar-refractivity contribution in [1.29, 1.82) is 0 Å². The smallest absolute Gasteiger partial charge is 0.161 e. The molecule has 0 saturated carbocycles. The van der Waals surface area contributed by atoms with Crippen LogP contribution in [-0.4, -0.2) is 13.7 Å². The van der Waals surface area contributed by atoms with Crippen LogP contribution < -0.4 is 14.8 Å². The third-order valence-corrected chi connectivity index (χ3v) is 2.85. The third-order valence-electron chi connectivity index (χ3n) is 2.85. The SMILES string of the molecule is CCOc1ccc(CNc2cccc(F)c2)cc1OC. The molecular formula is C16H18FNO2. The molecule has 0 amide bonds. The van der Waals surface area contributed by atoms with E-state index in [0.29, 0.717) is 18.9 Å². The van der Waals surface area contributed by atoms with E-state index in [4.69, 9.17) is 9.47 Å². The second-order valence-corrected chi connectivity index (χ2v) is 4.28. The molecule has 2 rings (SSSR count). The maximum Gasteiger partial charge on any atom is 0.161 e. The molecule has 0 spiro atoms. The zero-order chi connectivity index (χ0) is 14.4. The molecule has 0 aliphatic heterocycles. The molecule has 0 aliphatic rings. The molecule has 106 valence electrons. The van der Waals surface area contributed by atoms with Crippen LogP contribution >= 0.6 is 0 Å². The summed E-state index contributed by atoms with van der Waals surface area (Å²) in [4.78, 5) is 0. The summed E-state index contributed by atoms with van der Waals surface area (Å²) in [5.41, 5.74) is 1.78. The zero-order valence-electron chi connectivity index (χ0n) is 11.7. The Bertz CT molecular complexity index is 572. The molecule has 0 atom stereocenters. The molecule has 0 bridgehead atoms. The van der Waals surface area contributed by atoms with Gasteiger partial charge in [-0.1, -0.05) is 12.1 Å². The van der Waals surface area contributed by atoms with Crippen LogP contribution in [-0.2, 0) is 6.54 Å². The maximum atomic E-state index is 13.1. The fourth-order valence-corrected chi connectivity index (χ4v) is 1.90. The lowest BCUT2D eigenvalue weighted by molar-refractivity contribution is 0.310. The summed E-state index contributed by atoms with van der Waals surface area (Å²) < 4.78 is 23.8. The zero-order valence-corrected chi connectivity index (χ0v) is 11.7. The molecule has 3 nitrogen and oxygen atoms in total. The van der Waals surface area contributed by atoms with Crippen LogP contribution in [0.1, 0.15) is 12.5 Å². The van der Waals surface area contributed by atoms with Gasteiger partial charge in [0.25, 0.3) is 0 Å². The molecule has 0 aromatic heterocycles. The van der Waals surface area contributed by atoms with E-state index in [9.17, 15) is 4.39 Å². The van der Waals surface area contributed by atoms with Gasteiger partial charge in [-0.15, -0.1) is 0 Å². The minimum Gasteiger partial charge on any atom is -0.493 e. The van der Waals surface area contributed by atoms with Gasteiger partial charge in [0.1, 0.15) is 5.82 Å². The second kappa shape index (κ2) is 6.80. The Hall–Kier alpha value is -2.23. The lowest BCUT2D eigenvalue weighted by Gasteiger charge is -2.12. The summed E-state index contributed by atoms with van der Waals surface area (Å²) in [6, 6.07) is 12.1. The van der Waals surface area contributed by atoms with Crippen molar-refractivity contribution in [2.75, 3.05) is 19.0 Å². The van der Waals surface area contributed by atoms with Gasteiger partial charge in [-0.3, -0.25) is 0 Å². The Morgan fingerprint density at radius 2 is 1.95 bits per heavy atom. The van der Waals surface area contributed by atoms with E-state index in [1.165, 1.54) is 12.1 Å². The highest BCUT2D eigenvalue weighted by Crippen LogP contribution is 2.28. The monoisotopic (exact) mass is 275 g/mol. The first-order chi connectivity index (χ1) is 9.72. The van der Waals surface area contributed by atoms with Crippen molar-refractivity contribution in [3.63, 3.8) is 0 Å². The molecular weight excluding hydrogens is 257 g/mol. The van der Waals surface area contributed by atoms with Crippen LogP contribution in [0.25, 0.3) is 0 Å². The van der Waals surface area contributed by atoms with Crippen molar-refractivity contribution in [3.8, 4) is 11.5 Å². The molecule has 0 aliphatic carbocycles. The third kappa shape index (κ3) is 3.63. The van der Waals surface area contributed by atoms with Crippen LogP contribution in [0.5, 0.6) is 11.5 Å². The Morgan fingerprint density at radius 3 is 2.65 bits per heavy atom. The molecule has 4 heteroatoms. The van der Waals surface area contributed by atoms with E-state index in [0.717, 1.165) is 17.0 Å². The van der Waals surface area contributed by atoms with Crippen molar-refractivity contribution in [2.45, 2.75) is 13.5 Å². The van der Waals surface area contributed by atoms with Crippen LogP contribution in [0, 0.1) is 5.82 Å². The molecule has 2 aromatic carbocycles. The normalized spacial score (nSPS) is 10.2. The van der Waals surface area contributed by atoms with Gasteiger partial charge in [-0.05, 0) is 42.8 Å². The Morgan fingerprint density at radius 1 is 1.10 bits per heavy atom. The van der Waals surface area contributed by atoms with Gasteiger partial charge >= 0.3 is 0 Å². The summed E-state index contributed by atoms with van der Waals surface area (Å²) in [5, 5.41) is 3.17. The number of methoxy groups -OCH3 is 1. The standard InChI is InChI=1S/C16H18FNO2/c1-3-20-15-8-7-12(9-16(15)19-2)11-18-14-6-4-5-13(17)10-14/h4-10,18H,3,11H2,1-2H3. The van der Waals surface area contributed by atoms with E-state index in [2.05, 4.69) is 5.32 Å². The fraction of sp³-hybridized carbons (Fsp3) is 0.250. The average molecular weight is 275 g/mol. The Kier molecular flexibility index (Phi) is 4.82. The number of halogens is 1. The number of ether oxygens (including phenoxy) is 2. The summed E-state index contributed by atoms with van der Waals surface area (Å²) in [5.74, 6) is 1.18. The molecule has 1 N–H and O–H groups in total. The van der Waals surface area contributed by atoms with E-state index >= 15 is 0 Å². The van der Waals surface area contributed by atoms with Crippen LogP contribution in [0.4, 0.5) is 10.1 Å². The predicted molar refractivity (Wildman–Crippen MR) is 77.9 cm³/mol. The molecule has 2 aromatic rings. The van der Waals surface area contributed by atoms with Crippen molar-refractivity contribution >= 4 is 5.69 Å². The first-order valence-corrected chi connectivity index (χ1v) is 6.52. The molecule has 0 unspecified atom stereocenters.